The standard InChI is InChI=1S/C48H76O19/c1-43(2)14-16-48(42(61)67-40-35(58)31(54)29(52)24(20-50)63-40)17-15-46(6)21(22(48)18-43)8-9-26-45(5)12-11-27(44(3,4)25(45)10-13-47(26,46)7)64-41-37(33(56)32(55)36(65-41)38(59)60)66-39-34(57)30(53)28(51)23(19-49)62-39/h8,22-37,39-41,49-58H,9-20H2,1-7H3,(H,59,60)/t22-,23-,24+,25-,26+,27-,28-,29+,30+,31-,32+,33+,34-,35+,36+,37-,39+,40+,41-,45+,46-,47-,48-/m1/s1. The maximum Gasteiger partial charge on any atom is 0.335 e. The Labute approximate surface area is 391 Å². The summed E-state index contributed by atoms with van der Waals surface area (Å²) in [5, 5.41) is 115. The minimum Gasteiger partial charge on any atom is -0.479 e. The number of hydrogen-bond acceptors (Lipinski definition) is 18. The van der Waals surface area contributed by atoms with Crippen molar-refractivity contribution in [1.29, 1.82) is 0 Å². The van der Waals surface area contributed by atoms with E-state index in [9.17, 15) is 65.8 Å². The molecule has 4 saturated carbocycles. The molecular formula is C48H76O19. The maximum atomic E-state index is 14.7. The Kier molecular flexibility index (Phi) is 13.8. The number of rotatable bonds is 9. The molecule has 23 atom stereocenters. The van der Waals surface area contributed by atoms with E-state index >= 15 is 0 Å². The van der Waals surface area contributed by atoms with Gasteiger partial charge in [-0.05, 0) is 109 Å². The average Bonchev–Trinajstić information content (AvgIpc) is 3.26. The van der Waals surface area contributed by atoms with Gasteiger partial charge in [-0.2, -0.15) is 0 Å². The van der Waals surface area contributed by atoms with Crippen LogP contribution in [0.4, 0.5) is 0 Å². The summed E-state index contributed by atoms with van der Waals surface area (Å²) in [6, 6.07) is 0. The minimum absolute atomic E-state index is 0.0828. The second-order valence-electron chi connectivity index (χ2n) is 23.5. The third-order valence-electron chi connectivity index (χ3n) is 19.3. The summed E-state index contributed by atoms with van der Waals surface area (Å²) < 4.78 is 35.7. The summed E-state index contributed by atoms with van der Waals surface area (Å²) in [5.74, 6) is -1.94. The lowest BCUT2D eigenvalue weighted by molar-refractivity contribution is -0.374. The van der Waals surface area contributed by atoms with Gasteiger partial charge in [0.25, 0.3) is 0 Å². The van der Waals surface area contributed by atoms with Gasteiger partial charge < -0.3 is 84.6 Å². The molecule has 3 saturated heterocycles. The lowest BCUT2D eigenvalue weighted by atomic mass is 9.33. The zero-order valence-electron chi connectivity index (χ0n) is 39.7. The van der Waals surface area contributed by atoms with Crippen molar-refractivity contribution in [1.82, 2.24) is 0 Å². The van der Waals surface area contributed by atoms with Gasteiger partial charge in [0.05, 0.1) is 24.7 Å². The molecule has 0 unspecified atom stereocenters. The van der Waals surface area contributed by atoms with Crippen LogP contribution in [0.25, 0.3) is 0 Å². The molecule has 0 radical (unpaired) electrons. The fourth-order valence-corrected chi connectivity index (χ4v) is 15.0. The van der Waals surface area contributed by atoms with Crippen molar-refractivity contribution >= 4 is 11.9 Å². The van der Waals surface area contributed by atoms with Gasteiger partial charge in [-0.3, -0.25) is 4.79 Å². The molecule has 3 heterocycles. The van der Waals surface area contributed by atoms with Crippen molar-refractivity contribution in [2.24, 2.45) is 50.2 Å². The van der Waals surface area contributed by atoms with Gasteiger partial charge in [-0.1, -0.05) is 60.1 Å². The molecule has 19 heteroatoms. The van der Waals surface area contributed by atoms with Crippen LogP contribution < -0.4 is 0 Å². The number of carbonyl (C=O) groups excluding carboxylic acids is 1. The smallest absolute Gasteiger partial charge is 0.335 e. The summed E-state index contributed by atoms with van der Waals surface area (Å²) in [7, 11) is 0. The summed E-state index contributed by atoms with van der Waals surface area (Å²) in [4.78, 5) is 27.0. The molecule has 382 valence electrons. The maximum absolute atomic E-state index is 14.7. The van der Waals surface area contributed by atoms with Crippen LogP contribution in [0.2, 0.25) is 0 Å². The number of allylic oxidation sites excluding steroid dienone is 2. The number of aliphatic carboxylic acids is 1. The number of aliphatic hydroxyl groups excluding tert-OH is 10. The van der Waals surface area contributed by atoms with E-state index in [1.165, 1.54) is 5.57 Å². The molecule has 0 amide bonds. The number of carbonyl (C=O) groups is 2. The molecule has 3 aliphatic heterocycles. The van der Waals surface area contributed by atoms with E-state index in [1.54, 1.807) is 0 Å². The normalized spacial score (nSPS) is 52.6. The van der Waals surface area contributed by atoms with E-state index in [-0.39, 0.29) is 39.4 Å². The Morgan fingerprint density at radius 2 is 1.24 bits per heavy atom. The van der Waals surface area contributed by atoms with E-state index < -0.39 is 134 Å². The molecule has 5 aliphatic carbocycles. The van der Waals surface area contributed by atoms with Crippen LogP contribution in [-0.4, -0.2) is 180 Å². The highest BCUT2D eigenvalue weighted by Gasteiger charge is 2.70. The van der Waals surface area contributed by atoms with Crippen molar-refractivity contribution in [2.75, 3.05) is 13.2 Å². The average molecular weight is 957 g/mol. The van der Waals surface area contributed by atoms with Crippen molar-refractivity contribution < 1.29 is 94.2 Å². The number of esters is 1. The zero-order chi connectivity index (χ0) is 49.1. The number of ether oxygens (including phenoxy) is 6. The van der Waals surface area contributed by atoms with Crippen LogP contribution in [0.5, 0.6) is 0 Å². The second kappa shape index (κ2) is 18.0. The van der Waals surface area contributed by atoms with Crippen LogP contribution in [-0.2, 0) is 38.0 Å². The molecular weight excluding hydrogens is 881 g/mol. The van der Waals surface area contributed by atoms with E-state index in [1.807, 2.05) is 0 Å². The first kappa shape index (κ1) is 51.4. The molecule has 8 rings (SSSR count). The fraction of sp³-hybridized carbons (Fsp3) is 0.917. The molecule has 11 N–H and O–H groups in total. The third-order valence-corrected chi connectivity index (χ3v) is 19.3. The molecule has 19 nitrogen and oxygen atoms in total. The number of aliphatic hydroxyl groups is 10. The number of carboxylic acid groups (broad SMARTS) is 1. The Bertz CT molecular complexity index is 1870. The number of carboxylic acids is 1. The van der Waals surface area contributed by atoms with Crippen molar-refractivity contribution in [3.05, 3.63) is 11.6 Å². The first-order valence-electron chi connectivity index (χ1n) is 24.3. The molecule has 0 spiro atoms. The van der Waals surface area contributed by atoms with Gasteiger partial charge in [0.2, 0.25) is 6.29 Å². The third kappa shape index (κ3) is 8.06. The predicted molar refractivity (Wildman–Crippen MR) is 231 cm³/mol. The van der Waals surface area contributed by atoms with E-state index in [0.29, 0.717) is 25.7 Å². The molecule has 0 aromatic carbocycles. The first-order valence-corrected chi connectivity index (χ1v) is 24.3. The van der Waals surface area contributed by atoms with Gasteiger partial charge >= 0.3 is 11.9 Å². The molecule has 7 fully saturated rings. The highest BCUT2D eigenvalue weighted by atomic mass is 16.8. The molecule has 0 aromatic heterocycles. The van der Waals surface area contributed by atoms with Gasteiger partial charge in [0.1, 0.15) is 67.1 Å². The lowest BCUT2D eigenvalue weighted by Gasteiger charge is -2.71. The summed E-state index contributed by atoms with van der Waals surface area (Å²) in [6.07, 6.45) is -16.4. The van der Waals surface area contributed by atoms with Crippen LogP contribution in [0.15, 0.2) is 11.6 Å². The highest BCUT2D eigenvalue weighted by molar-refractivity contribution is 5.79. The van der Waals surface area contributed by atoms with E-state index in [4.69, 9.17) is 28.4 Å². The number of hydrogen-bond donors (Lipinski definition) is 11. The van der Waals surface area contributed by atoms with E-state index in [2.05, 4.69) is 54.5 Å². The van der Waals surface area contributed by atoms with Crippen molar-refractivity contribution in [2.45, 2.75) is 211 Å². The Morgan fingerprint density at radius 1 is 0.642 bits per heavy atom. The van der Waals surface area contributed by atoms with Crippen molar-refractivity contribution in [3.63, 3.8) is 0 Å². The zero-order valence-corrected chi connectivity index (χ0v) is 39.7. The first-order chi connectivity index (χ1) is 31.2. The topological polar surface area (TPSA) is 312 Å². The Morgan fingerprint density at radius 3 is 1.85 bits per heavy atom. The molecule has 8 aliphatic rings. The lowest BCUT2D eigenvalue weighted by Crippen LogP contribution is -2.67. The SMILES string of the molecule is CC1(C)CC[C@@]2(C(=O)O[C@@H]3O[C@@H](CO)[C@H](O)[C@@H](O)[C@@H]3O)CC[C@]3(C)C(=CC[C@H]4[C@@]5(C)CC[C@@H](O[C@@H]6O[C@H](C(=O)O)[C@@H](O)[C@H](O)[C@H]6O[C@@H]6O[C@H](CO)[C@@H](O)[C@H](O)[C@H]6O)C(C)(C)[C@H]5CC[C@]43C)[C@H]2C1. The second-order valence-corrected chi connectivity index (χ2v) is 23.5. The highest BCUT2D eigenvalue weighted by Crippen LogP contribution is 2.76. The summed E-state index contributed by atoms with van der Waals surface area (Å²) in [6.45, 7) is 14.4. The van der Waals surface area contributed by atoms with E-state index in [0.717, 1.165) is 38.5 Å². The molecule has 0 aromatic rings. The van der Waals surface area contributed by atoms with Gasteiger partial charge in [0.15, 0.2) is 18.7 Å². The molecule has 67 heavy (non-hydrogen) atoms. The monoisotopic (exact) mass is 956 g/mol. The van der Waals surface area contributed by atoms with Gasteiger partial charge in [-0.15, -0.1) is 0 Å². The van der Waals surface area contributed by atoms with Crippen LogP contribution in [0, 0.1) is 50.2 Å². The van der Waals surface area contributed by atoms with Crippen LogP contribution in [0.1, 0.15) is 113 Å². The Hall–Kier alpha value is -1.92. The predicted octanol–water partition coefficient (Wildman–Crippen LogP) is 0.233. The van der Waals surface area contributed by atoms with Crippen molar-refractivity contribution in [3.8, 4) is 0 Å². The molecule has 0 bridgehead atoms. The minimum atomic E-state index is -1.98. The Balaban J connectivity index is 1.05. The van der Waals surface area contributed by atoms with Crippen LogP contribution >= 0.6 is 0 Å². The van der Waals surface area contributed by atoms with Gasteiger partial charge in [-0.25, -0.2) is 4.79 Å². The fourth-order valence-electron chi connectivity index (χ4n) is 15.0. The largest absolute Gasteiger partial charge is 0.479 e. The summed E-state index contributed by atoms with van der Waals surface area (Å²) in [5.41, 5.74) is -1.05. The number of fused-ring (bicyclic) bond motifs is 7. The summed E-state index contributed by atoms with van der Waals surface area (Å²) >= 11 is 0. The van der Waals surface area contributed by atoms with Gasteiger partial charge in [0, 0.05) is 0 Å². The quantitative estimate of drug-likeness (QED) is 0.0838. The van der Waals surface area contributed by atoms with Crippen LogP contribution in [0.3, 0.4) is 0 Å².